The third kappa shape index (κ3) is 5.72. The number of unbranched alkanes of at least 4 members (excludes halogenated alkanes) is 1. The van der Waals surface area contributed by atoms with Gasteiger partial charge in [-0.15, -0.1) is 0 Å². The number of nitrogens with two attached hydrogens (primary N) is 1. The second kappa shape index (κ2) is 11.0. The molecule has 1 aromatic carbocycles. The second-order valence-corrected chi connectivity index (χ2v) is 7.90. The molecule has 0 spiro atoms. The predicted molar refractivity (Wildman–Crippen MR) is 124 cm³/mol. The zero-order chi connectivity index (χ0) is 21.3. The summed E-state index contributed by atoms with van der Waals surface area (Å²) < 4.78 is 5.68. The number of anilines is 1. The van der Waals surface area contributed by atoms with Gasteiger partial charge in [-0.2, -0.15) is 9.97 Å². The fourth-order valence-corrected chi connectivity index (χ4v) is 3.71. The summed E-state index contributed by atoms with van der Waals surface area (Å²) in [6, 6.07) is 9.27. The first kappa shape index (κ1) is 22.1. The third-order valence-electron chi connectivity index (χ3n) is 5.24. The SMILES string of the molecule is CCCCOc1nc(N)c2[nH]cc(Cc3ccc(CN(CCC)CCC)cc3)c2n1. The van der Waals surface area contributed by atoms with Crippen LogP contribution in [0.3, 0.4) is 0 Å². The highest BCUT2D eigenvalue weighted by Gasteiger charge is 2.13. The Hall–Kier alpha value is -2.60. The number of nitrogens with one attached hydrogen (secondary N) is 1. The van der Waals surface area contributed by atoms with Gasteiger partial charge in [-0.1, -0.05) is 51.5 Å². The van der Waals surface area contributed by atoms with Crippen molar-refractivity contribution >= 4 is 16.9 Å². The van der Waals surface area contributed by atoms with Crippen molar-refractivity contribution in [1.82, 2.24) is 19.9 Å². The van der Waals surface area contributed by atoms with Gasteiger partial charge in [0, 0.05) is 24.7 Å². The lowest BCUT2D eigenvalue weighted by Gasteiger charge is -2.21. The summed E-state index contributed by atoms with van der Waals surface area (Å²) in [5, 5.41) is 0. The average Bonchev–Trinajstić information content (AvgIpc) is 3.13. The van der Waals surface area contributed by atoms with Gasteiger partial charge < -0.3 is 15.5 Å². The molecule has 0 saturated heterocycles. The van der Waals surface area contributed by atoms with Crippen molar-refractivity contribution in [3.05, 3.63) is 47.2 Å². The first-order chi connectivity index (χ1) is 14.6. The normalized spacial score (nSPS) is 11.5. The van der Waals surface area contributed by atoms with E-state index in [9.17, 15) is 0 Å². The zero-order valence-corrected chi connectivity index (χ0v) is 18.6. The number of fused-ring (bicyclic) bond motifs is 1. The van der Waals surface area contributed by atoms with E-state index in [0.717, 1.165) is 55.5 Å². The lowest BCUT2D eigenvalue weighted by molar-refractivity contribution is 0.266. The van der Waals surface area contributed by atoms with Gasteiger partial charge in [0.1, 0.15) is 11.0 Å². The molecule has 0 aliphatic rings. The molecule has 0 atom stereocenters. The first-order valence-corrected chi connectivity index (χ1v) is 11.2. The molecule has 162 valence electrons. The molecule has 3 aromatic rings. The highest BCUT2D eigenvalue weighted by Crippen LogP contribution is 2.25. The zero-order valence-electron chi connectivity index (χ0n) is 18.6. The largest absolute Gasteiger partial charge is 0.463 e. The molecule has 6 nitrogen and oxygen atoms in total. The summed E-state index contributed by atoms with van der Waals surface area (Å²) in [6.07, 6.45) is 7.18. The van der Waals surface area contributed by atoms with Gasteiger partial charge in [0.05, 0.1) is 6.61 Å². The van der Waals surface area contributed by atoms with Gasteiger partial charge in [-0.3, -0.25) is 4.90 Å². The summed E-state index contributed by atoms with van der Waals surface area (Å²) in [5.41, 5.74) is 11.5. The highest BCUT2D eigenvalue weighted by molar-refractivity contribution is 5.87. The van der Waals surface area contributed by atoms with Gasteiger partial charge in [0.2, 0.25) is 0 Å². The Bertz CT molecular complexity index is 913. The molecule has 30 heavy (non-hydrogen) atoms. The van der Waals surface area contributed by atoms with Crippen LogP contribution in [-0.2, 0) is 13.0 Å². The Morgan fingerprint density at radius 2 is 1.67 bits per heavy atom. The van der Waals surface area contributed by atoms with Gasteiger partial charge in [0.15, 0.2) is 5.82 Å². The molecule has 6 heteroatoms. The van der Waals surface area contributed by atoms with Crippen LogP contribution in [0.2, 0.25) is 0 Å². The van der Waals surface area contributed by atoms with Crippen LogP contribution in [-0.4, -0.2) is 39.5 Å². The van der Waals surface area contributed by atoms with E-state index in [2.05, 4.69) is 64.9 Å². The molecule has 0 amide bonds. The van der Waals surface area contributed by atoms with Crippen molar-refractivity contribution in [2.24, 2.45) is 0 Å². The summed E-state index contributed by atoms with van der Waals surface area (Å²) in [5.74, 6) is 0.431. The third-order valence-corrected chi connectivity index (χ3v) is 5.24. The second-order valence-electron chi connectivity index (χ2n) is 7.90. The molecule has 0 aliphatic carbocycles. The Kier molecular flexibility index (Phi) is 8.08. The van der Waals surface area contributed by atoms with E-state index in [1.807, 2.05) is 6.20 Å². The van der Waals surface area contributed by atoms with E-state index in [0.29, 0.717) is 18.4 Å². The quantitative estimate of drug-likeness (QED) is 0.415. The lowest BCUT2D eigenvalue weighted by Crippen LogP contribution is -2.24. The Labute approximate surface area is 179 Å². The monoisotopic (exact) mass is 409 g/mol. The number of rotatable bonds is 12. The van der Waals surface area contributed by atoms with Crippen molar-refractivity contribution in [1.29, 1.82) is 0 Å². The van der Waals surface area contributed by atoms with E-state index in [1.165, 1.54) is 24.0 Å². The number of nitrogens with zero attached hydrogens (tertiary/aromatic N) is 3. The lowest BCUT2D eigenvalue weighted by atomic mass is 10.0. The van der Waals surface area contributed by atoms with Crippen LogP contribution < -0.4 is 10.5 Å². The van der Waals surface area contributed by atoms with E-state index in [1.54, 1.807) is 0 Å². The molecule has 3 rings (SSSR count). The first-order valence-electron chi connectivity index (χ1n) is 11.2. The van der Waals surface area contributed by atoms with Crippen LogP contribution in [0.1, 0.15) is 63.1 Å². The van der Waals surface area contributed by atoms with Gasteiger partial charge in [-0.25, -0.2) is 0 Å². The molecule has 0 bridgehead atoms. The highest BCUT2D eigenvalue weighted by atomic mass is 16.5. The maximum absolute atomic E-state index is 6.12. The number of aromatic nitrogens is 3. The molecule has 0 fully saturated rings. The van der Waals surface area contributed by atoms with Crippen molar-refractivity contribution in [2.75, 3.05) is 25.4 Å². The van der Waals surface area contributed by atoms with Gasteiger partial charge in [0.25, 0.3) is 0 Å². The number of hydrogen-bond donors (Lipinski definition) is 2. The number of H-pyrrole nitrogens is 1. The van der Waals surface area contributed by atoms with Gasteiger partial charge >= 0.3 is 6.01 Å². The summed E-state index contributed by atoms with van der Waals surface area (Å²) in [6.45, 7) is 10.5. The van der Waals surface area contributed by atoms with E-state index >= 15 is 0 Å². The minimum absolute atomic E-state index is 0.358. The number of hydrogen-bond acceptors (Lipinski definition) is 5. The van der Waals surface area contributed by atoms with Gasteiger partial charge in [-0.05, 0) is 43.5 Å². The molecule has 0 aliphatic heterocycles. The van der Waals surface area contributed by atoms with Crippen LogP contribution in [0.5, 0.6) is 6.01 Å². The van der Waals surface area contributed by atoms with Crippen LogP contribution >= 0.6 is 0 Å². The van der Waals surface area contributed by atoms with Crippen molar-refractivity contribution in [2.45, 2.75) is 59.4 Å². The molecule has 2 aromatic heterocycles. The number of ether oxygens (including phenoxy) is 1. The Balaban J connectivity index is 1.72. The van der Waals surface area contributed by atoms with Crippen LogP contribution in [0.15, 0.2) is 30.5 Å². The number of benzene rings is 1. The smallest absolute Gasteiger partial charge is 0.319 e. The predicted octanol–water partition coefficient (Wildman–Crippen LogP) is 4.93. The Morgan fingerprint density at radius 3 is 2.33 bits per heavy atom. The number of aromatic amines is 1. The van der Waals surface area contributed by atoms with Crippen molar-refractivity contribution in [3.63, 3.8) is 0 Å². The molecule has 0 radical (unpaired) electrons. The van der Waals surface area contributed by atoms with Crippen LogP contribution in [0, 0.1) is 0 Å². The Morgan fingerprint density at radius 1 is 0.967 bits per heavy atom. The van der Waals surface area contributed by atoms with Crippen molar-refractivity contribution in [3.8, 4) is 6.01 Å². The van der Waals surface area contributed by atoms with E-state index in [-0.39, 0.29) is 0 Å². The molecular formula is C24H35N5O. The minimum Gasteiger partial charge on any atom is -0.463 e. The van der Waals surface area contributed by atoms with E-state index < -0.39 is 0 Å². The minimum atomic E-state index is 0.358. The maximum Gasteiger partial charge on any atom is 0.319 e. The molecular weight excluding hydrogens is 374 g/mol. The molecule has 3 N–H and O–H groups in total. The van der Waals surface area contributed by atoms with Crippen LogP contribution in [0.4, 0.5) is 5.82 Å². The fourth-order valence-electron chi connectivity index (χ4n) is 3.71. The molecule has 2 heterocycles. The van der Waals surface area contributed by atoms with Crippen LogP contribution in [0.25, 0.3) is 11.0 Å². The number of nitrogen functional groups attached to an aromatic ring is 1. The topological polar surface area (TPSA) is 80.1 Å². The summed E-state index contributed by atoms with van der Waals surface area (Å²) in [7, 11) is 0. The summed E-state index contributed by atoms with van der Waals surface area (Å²) in [4.78, 5) is 14.6. The van der Waals surface area contributed by atoms with Crippen molar-refractivity contribution < 1.29 is 4.74 Å². The standard InChI is InChI=1S/C24H35N5O/c1-4-7-14-30-24-27-21-20(16-26-22(21)23(25)28-24)15-18-8-10-19(11-9-18)17-29(12-5-2)13-6-3/h8-11,16,26H,4-7,12-15,17H2,1-3H3,(H2,25,27,28). The van der Waals surface area contributed by atoms with E-state index in [4.69, 9.17) is 10.5 Å². The maximum atomic E-state index is 6.12. The fraction of sp³-hybridized carbons (Fsp3) is 0.500. The summed E-state index contributed by atoms with van der Waals surface area (Å²) >= 11 is 0. The molecule has 0 unspecified atom stereocenters. The average molecular weight is 410 g/mol. The molecule has 0 saturated carbocycles.